The molecule has 5 nitrogen and oxygen atoms in total. The molecule has 0 aliphatic rings. The average Bonchev–Trinajstić information content (AvgIpc) is 2.37. The van der Waals surface area contributed by atoms with Crippen molar-refractivity contribution in [1.82, 2.24) is 0 Å². The van der Waals surface area contributed by atoms with Crippen molar-refractivity contribution in [3.8, 4) is 11.5 Å². The third-order valence-corrected chi connectivity index (χ3v) is 2.40. The molecule has 0 aliphatic carbocycles. The largest absolute Gasteiger partial charge is 0.506 e. The van der Waals surface area contributed by atoms with Gasteiger partial charge >= 0.3 is 0 Å². The second-order valence-electron chi connectivity index (χ2n) is 3.85. The Hall–Kier alpha value is -2.69. The van der Waals surface area contributed by atoms with Gasteiger partial charge in [-0.1, -0.05) is 18.2 Å². The third-order valence-electron chi connectivity index (χ3n) is 2.40. The summed E-state index contributed by atoms with van der Waals surface area (Å²) >= 11 is 0. The summed E-state index contributed by atoms with van der Waals surface area (Å²) in [6, 6.07) is 11.3. The van der Waals surface area contributed by atoms with Gasteiger partial charge in [0.05, 0.1) is 11.4 Å². The smallest absolute Gasteiger partial charge is 0.162 e. The molecule has 19 heavy (non-hydrogen) atoms. The molecule has 0 aliphatic heterocycles. The van der Waals surface area contributed by atoms with Gasteiger partial charge in [-0.05, 0) is 31.2 Å². The number of para-hydroxylation sites is 3. The number of ketones is 1. The normalized spacial score (nSPS) is 9.32. The second kappa shape index (κ2) is 6.30. The molecule has 0 amide bonds. The molecule has 6 N–H and O–H groups in total. The van der Waals surface area contributed by atoms with Gasteiger partial charge in [0.25, 0.3) is 0 Å². The van der Waals surface area contributed by atoms with Crippen LogP contribution in [0.15, 0.2) is 42.5 Å². The highest BCUT2D eigenvalue weighted by atomic mass is 16.3. The number of phenolic OH excluding ortho intramolecular Hbond substituents is 2. The van der Waals surface area contributed by atoms with E-state index < -0.39 is 0 Å². The molecule has 0 bridgehead atoms. The number of hydrogen-bond acceptors (Lipinski definition) is 5. The van der Waals surface area contributed by atoms with Crippen molar-refractivity contribution in [2.75, 3.05) is 11.5 Å². The lowest BCUT2D eigenvalue weighted by atomic mass is 10.1. The predicted octanol–water partition coefficient (Wildman–Crippen LogP) is 2.15. The maximum Gasteiger partial charge on any atom is 0.162 e. The number of Topliss-reactive ketones (excluding diaryl/α,β-unsaturated/α-hetero) is 1. The number of carbonyl (C=O) groups excluding carboxylic acids is 1. The molecular formula is C14H16N2O3. The summed E-state index contributed by atoms with van der Waals surface area (Å²) in [5.74, 6) is -0.0383. The predicted molar refractivity (Wildman–Crippen MR) is 75.0 cm³/mol. The van der Waals surface area contributed by atoms with E-state index >= 15 is 0 Å². The van der Waals surface area contributed by atoms with E-state index in [0.717, 1.165) is 0 Å². The number of benzene rings is 2. The molecule has 0 saturated heterocycles. The molecule has 100 valence electrons. The third kappa shape index (κ3) is 3.92. The number of nitrogens with two attached hydrogens (primary N) is 2. The first-order valence-electron chi connectivity index (χ1n) is 5.55. The Kier molecular flexibility index (Phi) is 4.76. The van der Waals surface area contributed by atoms with Crippen LogP contribution < -0.4 is 11.5 Å². The van der Waals surface area contributed by atoms with Crippen molar-refractivity contribution in [3.63, 3.8) is 0 Å². The second-order valence-corrected chi connectivity index (χ2v) is 3.85. The molecule has 5 heteroatoms. The lowest BCUT2D eigenvalue weighted by Crippen LogP contribution is -1.98. The molecule has 2 rings (SSSR count). The van der Waals surface area contributed by atoms with Gasteiger partial charge in [0.1, 0.15) is 11.5 Å². The standard InChI is InChI=1S/C8H9NO2.C6H7NO/c1-5(10)6-3-2-4-7(11)8(6)9;7-5-3-1-2-4-6(5)8/h2-4,11H,9H2,1H3;1-4,8H,7H2. The Morgan fingerprint density at radius 2 is 1.53 bits per heavy atom. The summed E-state index contributed by atoms with van der Waals surface area (Å²) in [6.07, 6.45) is 0. The van der Waals surface area contributed by atoms with Crippen LogP contribution in [0.5, 0.6) is 11.5 Å². The fourth-order valence-electron chi connectivity index (χ4n) is 1.35. The van der Waals surface area contributed by atoms with Gasteiger partial charge in [-0.2, -0.15) is 0 Å². The SMILES string of the molecule is CC(=O)c1cccc(O)c1N.Nc1ccccc1O. The first-order valence-corrected chi connectivity index (χ1v) is 5.55. The molecule has 0 atom stereocenters. The Morgan fingerprint density at radius 3 is 1.95 bits per heavy atom. The van der Waals surface area contributed by atoms with Gasteiger partial charge in [-0.25, -0.2) is 0 Å². The lowest BCUT2D eigenvalue weighted by Gasteiger charge is -2.01. The topological polar surface area (TPSA) is 110 Å². The van der Waals surface area contributed by atoms with E-state index in [1.54, 1.807) is 36.4 Å². The van der Waals surface area contributed by atoms with Gasteiger partial charge in [-0.3, -0.25) is 4.79 Å². The number of phenols is 2. The van der Waals surface area contributed by atoms with Crippen LogP contribution in [0, 0.1) is 0 Å². The van der Waals surface area contributed by atoms with E-state index in [1.165, 1.54) is 13.0 Å². The number of aromatic hydroxyl groups is 2. The van der Waals surface area contributed by atoms with Crippen LogP contribution >= 0.6 is 0 Å². The van der Waals surface area contributed by atoms with Gasteiger partial charge in [0, 0.05) is 5.56 Å². The zero-order valence-corrected chi connectivity index (χ0v) is 10.5. The van der Waals surface area contributed by atoms with Crippen LogP contribution in [0.3, 0.4) is 0 Å². The van der Waals surface area contributed by atoms with Crippen LogP contribution in [-0.4, -0.2) is 16.0 Å². The minimum absolute atomic E-state index is 0.0438. The van der Waals surface area contributed by atoms with Gasteiger partial charge in [0.2, 0.25) is 0 Å². The molecule has 0 heterocycles. The quantitative estimate of drug-likeness (QED) is 0.357. The first-order chi connectivity index (χ1) is 8.93. The van der Waals surface area contributed by atoms with Gasteiger partial charge in [-0.15, -0.1) is 0 Å². The summed E-state index contributed by atoms with van der Waals surface area (Å²) in [7, 11) is 0. The van der Waals surface area contributed by atoms with Crippen LogP contribution in [0.25, 0.3) is 0 Å². The highest BCUT2D eigenvalue weighted by Gasteiger charge is 2.06. The zero-order chi connectivity index (χ0) is 14.4. The highest BCUT2D eigenvalue weighted by molar-refractivity contribution is 6.00. The lowest BCUT2D eigenvalue weighted by molar-refractivity contribution is 0.101. The molecule has 0 aromatic heterocycles. The zero-order valence-electron chi connectivity index (χ0n) is 10.5. The Labute approximate surface area is 111 Å². The van der Waals surface area contributed by atoms with Crippen molar-refractivity contribution < 1.29 is 15.0 Å². The molecule has 0 saturated carbocycles. The van der Waals surface area contributed by atoms with Crippen molar-refractivity contribution in [2.45, 2.75) is 6.92 Å². The van der Waals surface area contributed by atoms with E-state index in [1.807, 2.05) is 0 Å². The van der Waals surface area contributed by atoms with Crippen LogP contribution in [0.1, 0.15) is 17.3 Å². The van der Waals surface area contributed by atoms with Crippen LogP contribution in [0.4, 0.5) is 11.4 Å². The summed E-state index contributed by atoms with van der Waals surface area (Å²) in [6.45, 7) is 1.41. The molecular weight excluding hydrogens is 244 g/mol. The average molecular weight is 260 g/mol. The summed E-state index contributed by atoms with van der Waals surface area (Å²) in [5.41, 5.74) is 11.6. The number of nitrogen functional groups attached to an aromatic ring is 2. The Morgan fingerprint density at radius 1 is 0.947 bits per heavy atom. The number of anilines is 2. The summed E-state index contributed by atoms with van der Waals surface area (Å²) in [5, 5.41) is 17.9. The van der Waals surface area contributed by atoms with Crippen LogP contribution in [0.2, 0.25) is 0 Å². The summed E-state index contributed by atoms with van der Waals surface area (Å²) < 4.78 is 0. The monoisotopic (exact) mass is 260 g/mol. The first kappa shape index (κ1) is 14.4. The number of carbonyl (C=O) groups is 1. The van der Waals surface area contributed by atoms with E-state index in [0.29, 0.717) is 11.3 Å². The highest BCUT2D eigenvalue weighted by Crippen LogP contribution is 2.23. The van der Waals surface area contributed by atoms with Gasteiger partial charge < -0.3 is 21.7 Å². The van der Waals surface area contributed by atoms with Crippen molar-refractivity contribution >= 4 is 17.2 Å². The molecule has 0 radical (unpaired) electrons. The fraction of sp³-hybridized carbons (Fsp3) is 0.0714. The number of hydrogen-bond donors (Lipinski definition) is 4. The molecule has 2 aromatic rings. The molecule has 0 fully saturated rings. The van der Waals surface area contributed by atoms with Crippen molar-refractivity contribution in [1.29, 1.82) is 0 Å². The van der Waals surface area contributed by atoms with E-state index in [2.05, 4.69) is 0 Å². The minimum Gasteiger partial charge on any atom is -0.506 e. The molecule has 2 aromatic carbocycles. The fourth-order valence-corrected chi connectivity index (χ4v) is 1.35. The van der Waals surface area contributed by atoms with E-state index in [4.69, 9.17) is 21.7 Å². The van der Waals surface area contributed by atoms with Crippen LogP contribution in [-0.2, 0) is 0 Å². The number of rotatable bonds is 1. The Balaban J connectivity index is 0.000000200. The van der Waals surface area contributed by atoms with Crippen molar-refractivity contribution in [2.24, 2.45) is 0 Å². The molecule has 0 unspecified atom stereocenters. The molecule has 0 spiro atoms. The maximum absolute atomic E-state index is 10.8. The van der Waals surface area contributed by atoms with E-state index in [9.17, 15) is 4.79 Å². The van der Waals surface area contributed by atoms with E-state index in [-0.39, 0.29) is 23.0 Å². The Bertz CT molecular complexity index is 562. The minimum atomic E-state index is -0.140. The maximum atomic E-state index is 10.8. The summed E-state index contributed by atoms with van der Waals surface area (Å²) in [4.78, 5) is 10.8. The van der Waals surface area contributed by atoms with Crippen molar-refractivity contribution in [3.05, 3.63) is 48.0 Å². The van der Waals surface area contributed by atoms with Gasteiger partial charge in [0.15, 0.2) is 5.78 Å².